The monoisotopic (exact) mass is 477 g/mol. The van der Waals surface area contributed by atoms with Crippen molar-refractivity contribution in [1.82, 2.24) is 4.90 Å². The Morgan fingerprint density at radius 1 is 1.06 bits per heavy atom. The normalized spacial score (nSPS) is 20.1. The Bertz CT molecular complexity index is 991. The lowest BCUT2D eigenvalue weighted by Gasteiger charge is -2.41. The average Bonchev–Trinajstić information content (AvgIpc) is 2.80. The smallest absolute Gasteiger partial charge is 0.174 e. The number of anilines is 2. The van der Waals surface area contributed by atoms with Gasteiger partial charge in [-0.25, -0.2) is 0 Å². The lowest BCUT2D eigenvalue weighted by atomic mass is 9.84. The zero-order valence-electron chi connectivity index (χ0n) is 21.9. The fourth-order valence-electron chi connectivity index (χ4n) is 6.18. The van der Waals surface area contributed by atoms with Gasteiger partial charge in [-0.3, -0.25) is 0 Å². The topological polar surface area (TPSA) is 18.5 Å². The molecule has 4 heteroatoms. The quantitative estimate of drug-likeness (QED) is 0.433. The molecule has 0 aromatic heterocycles. The van der Waals surface area contributed by atoms with E-state index in [0.29, 0.717) is 12.0 Å². The lowest BCUT2D eigenvalue weighted by molar-refractivity contribution is 0.177. The first-order valence-corrected chi connectivity index (χ1v) is 13.8. The Balaban J connectivity index is 1.60. The van der Waals surface area contributed by atoms with Crippen molar-refractivity contribution in [3.05, 3.63) is 58.1 Å². The molecule has 1 heterocycles. The van der Waals surface area contributed by atoms with Crippen LogP contribution >= 0.6 is 12.2 Å². The fraction of sp³-hybridized carbons (Fsp3) is 0.567. The number of rotatable bonds is 6. The second kappa shape index (κ2) is 11.1. The van der Waals surface area contributed by atoms with Gasteiger partial charge in [0.05, 0.1) is 0 Å². The van der Waals surface area contributed by atoms with E-state index in [0.717, 1.165) is 18.2 Å². The Morgan fingerprint density at radius 2 is 1.79 bits per heavy atom. The van der Waals surface area contributed by atoms with Crippen LogP contribution in [0.2, 0.25) is 0 Å². The van der Waals surface area contributed by atoms with Crippen molar-refractivity contribution in [2.45, 2.75) is 92.2 Å². The number of aryl methyl sites for hydroxylation is 4. The van der Waals surface area contributed by atoms with Gasteiger partial charge in [0, 0.05) is 37.1 Å². The molecule has 3 nitrogen and oxygen atoms in total. The van der Waals surface area contributed by atoms with E-state index in [-0.39, 0.29) is 0 Å². The Morgan fingerprint density at radius 3 is 2.50 bits per heavy atom. The van der Waals surface area contributed by atoms with Gasteiger partial charge in [0.25, 0.3) is 0 Å². The van der Waals surface area contributed by atoms with E-state index in [2.05, 4.69) is 80.1 Å². The van der Waals surface area contributed by atoms with Gasteiger partial charge in [-0.15, -0.1) is 0 Å². The molecule has 2 aromatic rings. The van der Waals surface area contributed by atoms with E-state index >= 15 is 0 Å². The molecule has 2 aromatic carbocycles. The summed E-state index contributed by atoms with van der Waals surface area (Å²) in [4.78, 5) is 5.07. The van der Waals surface area contributed by atoms with Gasteiger partial charge in [0.15, 0.2) is 5.11 Å². The third-order valence-electron chi connectivity index (χ3n) is 7.84. The number of thiocarbonyl (C=S) groups is 1. The Hall–Kier alpha value is -2.07. The second-order valence-electron chi connectivity index (χ2n) is 10.7. The van der Waals surface area contributed by atoms with Crippen LogP contribution in [-0.4, -0.2) is 29.1 Å². The minimum Gasteiger partial charge on any atom is -0.371 e. The molecule has 0 radical (unpaired) electrons. The lowest BCUT2D eigenvalue weighted by Crippen LogP contribution is -2.46. The predicted molar refractivity (Wildman–Crippen MR) is 151 cm³/mol. The molecule has 1 saturated carbocycles. The molecule has 34 heavy (non-hydrogen) atoms. The highest BCUT2D eigenvalue weighted by Crippen LogP contribution is 2.33. The molecule has 2 aliphatic rings. The Kier molecular flexibility index (Phi) is 8.18. The van der Waals surface area contributed by atoms with Gasteiger partial charge in [-0.1, -0.05) is 56.5 Å². The minimum absolute atomic E-state index is 0.493. The molecular formula is C30H43N3S. The molecule has 1 N–H and O–H groups in total. The van der Waals surface area contributed by atoms with E-state index in [1.807, 2.05) is 0 Å². The average molecular weight is 478 g/mol. The van der Waals surface area contributed by atoms with Crippen molar-refractivity contribution in [1.29, 1.82) is 0 Å². The molecule has 1 aliphatic carbocycles. The number of hydrogen-bond acceptors (Lipinski definition) is 2. The number of nitrogens with zero attached hydrogens (tertiary/aromatic N) is 2. The zero-order valence-corrected chi connectivity index (χ0v) is 22.7. The Labute approximate surface area is 212 Å². The molecular weight excluding hydrogens is 434 g/mol. The third kappa shape index (κ3) is 5.59. The van der Waals surface area contributed by atoms with Crippen LogP contribution in [0, 0.1) is 26.7 Å². The van der Waals surface area contributed by atoms with Crippen LogP contribution in [0.3, 0.4) is 0 Å². The summed E-state index contributed by atoms with van der Waals surface area (Å²) >= 11 is 6.12. The molecule has 0 bridgehead atoms. The fourth-order valence-corrected chi connectivity index (χ4v) is 6.48. The summed E-state index contributed by atoms with van der Waals surface area (Å²) in [6.45, 7) is 14.4. The molecule has 0 saturated heterocycles. The van der Waals surface area contributed by atoms with E-state index in [1.54, 1.807) is 0 Å². The van der Waals surface area contributed by atoms with Crippen molar-refractivity contribution in [3.8, 4) is 0 Å². The molecule has 1 aliphatic heterocycles. The summed E-state index contributed by atoms with van der Waals surface area (Å²) in [5, 5.41) is 4.55. The van der Waals surface area contributed by atoms with Crippen molar-refractivity contribution in [3.63, 3.8) is 0 Å². The molecule has 2 unspecified atom stereocenters. The van der Waals surface area contributed by atoms with Crippen LogP contribution in [0.25, 0.3) is 0 Å². The second-order valence-corrected chi connectivity index (χ2v) is 11.1. The maximum Gasteiger partial charge on any atom is 0.174 e. The minimum atomic E-state index is 0.493. The standard InChI is InChI=1S/C30H43N3S/c1-6-15-32-16-9-11-26-19-25(13-14-28(26)32)20-33(27-12-8-7-10-22(27)3)30(34)31-29-23(4)17-21(2)18-24(29)5/h13-14,17-19,22,27H,6-12,15-16,20H2,1-5H3,(H,31,34). The van der Waals surface area contributed by atoms with Crippen LogP contribution in [0.4, 0.5) is 11.4 Å². The number of benzene rings is 2. The van der Waals surface area contributed by atoms with E-state index in [4.69, 9.17) is 12.2 Å². The van der Waals surface area contributed by atoms with E-state index < -0.39 is 0 Å². The maximum atomic E-state index is 6.12. The van der Waals surface area contributed by atoms with Gasteiger partial charge < -0.3 is 15.1 Å². The zero-order chi connectivity index (χ0) is 24.2. The maximum absolute atomic E-state index is 6.12. The molecule has 1 fully saturated rings. The SMILES string of the molecule is CCCN1CCCc2cc(CN(C(=S)Nc3c(C)cc(C)cc3C)C3CCCCC3C)ccc21. The van der Waals surface area contributed by atoms with E-state index in [1.165, 1.54) is 90.7 Å². The van der Waals surface area contributed by atoms with Crippen molar-refractivity contribution in [2.75, 3.05) is 23.3 Å². The first-order chi connectivity index (χ1) is 16.4. The van der Waals surface area contributed by atoms with E-state index in [9.17, 15) is 0 Å². The highest BCUT2D eigenvalue weighted by Gasteiger charge is 2.30. The van der Waals surface area contributed by atoms with Crippen molar-refractivity contribution >= 4 is 28.7 Å². The molecule has 4 rings (SSSR count). The highest BCUT2D eigenvalue weighted by atomic mass is 32.1. The van der Waals surface area contributed by atoms with Gasteiger partial charge in [0.1, 0.15) is 0 Å². The number of hydrogen-bond donors (Lipinski definition) is 1. The third-order valence-corrected chi connectivity index (χ3v) is 8.18. The van der Waals surface area contributed by atoms with Crippen LogP contribution in [0.1, 0.15) is 80.2 Å². The van der Waals surface area contributed by atoms with Crippen LogP contribution in [0.5, 0.6) is 0 Å². The van der Waals surface area contributed by atoms with Gasteiger partial charge in [0.2, 0.25) is 0 Å². The molecule has 0 spiro atoms. The van der Waals surface area contributed by atoms with Crippen LogP contribution in [-0.2, 0) is 13.0 Å². The summed E-state index contributed by atoms with van der Waals surface area (Å²) in [7, 11) is 0. The summed E-state index contributed by atoms with van der Waals surface area (Å²) in [5.74, 6) is 0.659. The summed E-state index contributed by atoms with van der Waals surface area (Å²) < 4.78 is 0. The van der Waals surface area contributed by atoms with Crippen LogP contribution < -0.4 is 10.2 Å². The molecule has 2 atom stereocenters. The largest absolute Gasteiger partial charge is 0.371 e. The summed E-state index contributed by atoms with van der Waals surface area (Å²) in [6.07, 6.45) is 8.80. The summed E-state index contributed by atoms with van der Waals surface area (Å²) in [6, 6.07) is 12.2. The number of nitrogens with one attached hydrogen (secondary N) is 1. The highest BCUT2D eigenvalue weighted by molar-refractivity contribution is 7.80. The molecule has 0 amide bonds. The van der Waals surface area contributed by atoms with Gasteiger partial charge in [-0.05, 0) is 99.3 Å². The first-order valence-electron chi connectivity index (χ1n) is 13.4. The van der Waals surface area contributed by atoms with Crippen molar-refractivity contribution < 1.29 is 0 Å². The summed E-state index contributed by atoms with van der Waals surface area (Å²) in [5.41, 5.74) is 9.35. The predicted octanol–water partition coefficient (Wildman–Crippen LogP) is 7.55. The van der Waals surface area contributed by atoms with Gasteiger partial charge in [-0.2, -0.15) is 0 Å². The first kappa shape index (κ1) is 25.0. The van der Waals surface area contributed by atoms with Gasteiger partial charge >= 0.3 is 0 Å². The van der Waals surface area contributed by atoms with Crippen LogP contribution in [0.15, 0.2) is 30.3 Å². The molecule has 184 valence electrons. The van der Waals surface area contributed by atoms with Crippen molar-refractivity contribution in [2.24, 2.45) is 5.92 Å². The number of fused-ring (bicyclic) bond motifs is 1.